The Kier molecular flexibility index (Phi) is 7.02. The number of anilines is 1. The highest BCUT2D eigenvalue weighted by Crippen LogP contribution is 2.35. The average Bonchev–Trinajstić information content (AvgIpc) is 3.32. The van der Waals surface area contributed by atoms with Gasteiger partial charge in [-0.3, -0.25) is 19.5 Å². The van der Waals surface area contributed by atoms with Crippen LogP contribution in [0.25, 0.3) is 10.2 Å². The normalized spacial score (nSPS) is 14.7. The number of nitrogens with one attached hydrogen (secondary N) is 1. The lowest BCUT2D eigenvalue weighted by atomic mass is 9.97. The smallest absolute Gasteiger partial charge is 0.263 e. The molecule has 0 aromatic carbocycles. The number of thioether (sulfide) groups is 1. The summed E-state index contributed by atoms with van der Waals surface area (Å²) < 4.78 is 6.86. The van der Waals surface area contributed by atoms with Gasteiger partial charge in [0.15, 0.2) is 5.16 Å². The van der Waals surface area contributed by atoms with Gasteiger partial charge in [0.05, 0.1) is 16.3 Å². The number of thiophene rings is 1. The molecule has 0 bridgehead atoms. The van der Waals surface area contributed by atoms with Crippen molar-refractivity contribution in [2.75, 3.05) is 26.0 Å². The van der Waals surface area contributed by atoms with Crippen molar-refractivity contribution >= 4 is 45.1 Å². The number of carbonyl (C=O) groups excluding carboxylic acids is 1. The van der Waals surface area contributed by atoms with Gasteiger partial charge in [-0.15, -0.1) is 11.3 Å². The fourth-order valence-corrected chi connectivity index (χ4v) is 6.15. The van der Waals surface area contributed by atoms with Gasteiger partial charge in [-0.05, 0) is 72.2 Å². The summed E-state index contributed by atoms with van der Waals surface area (Å²) in [6.07, 6.45) is 5.09. The standard InChI is InChI=1S/C22H29N5O3S2/c1-13-12-17(30-25-13)23-19(28)14(2)31-22-24-20-18(15-8-5-6-9-16(15)32-20)21(29)27(22)11-7-10-26(3)4/h12,14H,5-11H2,1-4H3,(H,23,28). The second-order valence-electron chi connectivity index (χ2n) is 8.48. The molecule has 1 atom stereocenters. The van der Waals surface area contributed by atoms with E-state index in [1.54, 1.807) is 28.9 Å². The van der Waals surface area contributed by atoms with E-state index in [1.165, 1.54) is 22.2 Å². The number of carbonyl (C=O) groups is 1. The first-order valence-corrected chi connectivity index (χ1v) is 12.6. The number of aromatic nitrogens is 3. The highest BCUT2D eigenvalue weighted by atomic mass is 32.2. The molecule has 4 rings (SSSR count). The maximum atomic E-state index is 13.6. The van der Waals surface area contributed by atoms with Crippen molar-refractivity contribution in [3.05, 3.63) is 32.6 Å². The number of nitrogens with zero attached hydrogens (tertiary/aromatic N) is 4. The van der Waals surface area contributed by atoms with Crippen molar-refractivity contribution in [3.63, 3.8) is 0 Å². The first kappa shape index (κ1) is 23.0. The highest BCUT2D eigenvalue weighted by molar-refractivity contribution is 8.00. The van der Waals surface area contributed by atoms with Crippen LogP contribution in [0, 0.1) is 6.92 Å². The number of fused-ring (bicyclic) bond motifs is 3. The van der Waals surface area contributed by atoms with Gasteiger partial charge in [0.2, 0.25) is 11.8 Å². The summed E-state index contributed by atoms with van der Waals surface area (Å²) in [5, 5.41) is 7.46. The van der Waals surface area contributed by atoms with Crippen LogP contribution in [0.15, 0.2) is 20.5 Å². The van der Waals surface area contributed by atoms with Crippen LogP contribution in [0.4, 0.5) is 5.88 Å². The molecule has 3 heterocycles. The van der Waals surface area contributed by atoms with Crippen LogP contribution in [0.1, 0.15) is 42.3 Å². The van der Waals surface area contributed by atoms with Gasteiger partial charge in [0.1, 0.15) is 4.83 Å². The third-order valence-corrected chi connectivity index (χ3v) is 7.83. The Bertz CT molecular complexity index is 1180. The quantitative estimate of drug-likeness (QED) is 0.392. The van der Waals surface area contributed by atoms with Crippen molar-refractivity contribution < 1.29 is 9.32 Å². The van der Waals surface area contributed by atoms with Crippen LogP contribution in [0.2, 0.25) is 0 Å². The molecule has 1 N–H and O–H groups in total. The van der Waals surface area contributed by atoms with Gasteiger partial charge in [0.25, 0.3) is 5.56 Å². The molecular formula is C22H29N5O3S2. The summed E-state index contributed by atoms with van der Waals surface area (Å²) in [5.41, 5.74) is 1.91. The summed E-state index contributed by atoms with van der Waals surface area (Å²) in [4.78, 5) is 35.4. The average molecular weight is 476 g/mol. The predicted octanol–water partition coefficient (Wildman–Crippen LogP) is 3.70. The second-order valence-corrected chi connectivity index (χ2v) is 10.9. The molecule has 0 radical (unpaired) electrons. The number of aryl methyl sites for hydroxylation is 3. The van der Waals surface area contributed by atoms with Crippen molar-refractivity contribution in [2.24, 2.45) is 0 Å². The molecule has 3 aromatic heterocycles. The van der Waals surface area contributed by atoms with E-state index in [2.05, 4.69) is 15.4 Å². The largest absolute Gasteiger partial charge is 0.338 e. The van der Waals surface area contributed by atoms with Crippen LogP contribution in [0.3, 0.4) is 0 Å². The van der Waals surface area contributed by atoms with E-state index < -0.39 is 5.25 Å². The molecule has 10 heteroatoms. The molecule has 1 unspecified atom stereocenters. The Labute approximate surface area is 195 Å². The zero-order valence-electron chi connectivity index (χ0n) is 18.9. The van der Waals surface area contributed by atoms with Crippen molar-refractivity contribution in [3.8, 4) is 0 Å². The molecule has 3 aromatic rings. The first-order valence-electron chi connectivity index (χ1n) is 10.9. The number of rotatable bonds is 8. The van der Waals surface area contributed by atoms with Crippen molar-refractivity contribution in [1.29, 1.82) is 0 Å². The molecule has 0 aliphatic heterocycles. The molecule has 8 nitrogen and oxygen atoms in total. The third-order valence-electron chi connectivity index (χ3n) is 5.55. The van der Waals surface area contributed by atoms with Crippen LogP contribution >= 0.6 is 23.1 Å². The van der Waals surface area contributed by atoms with Crippen LogP contribution < -0.4 is 10.9 Å². The van der Waals surface area contributed by atoms with Gasteiger partial charge in [-0.1, -0.05) is 16.9 Å². The Hall–Kier alpha value is -2.17. The lowest BCUT2D eigenvalue weighted by Crippen LogP contribution is -2.28. The van der Waals surface area contributed by atoms with Crippen LogP contribution in [-0.2, 0) is 24.2 Å². The summed E-state index contributed by atoms with van der Waals surface area (Å²) in [5.74, 6) is 0.100. The molecule has 0 spiro atoms. The Morgan fingerprint density at radius 2 is 2.16 bits per heavy atom. The SMILES string of the molecule is Cc1cc(NC(=O)C(C)Sc2nc3sc4c(c3c(=O)n2CCCN(C)C)CCCC4)on1. The van der Waals surface area contributed by atoms with E-state index >= 15 is 0 Å². The fourth-order valence-electron chi connectivity index (χ4n) is 3.91. The Morgan fingerprint density at radius 3 is 2.88 bits per heavy atom. The van der Waals surface area contributed by atoms with Crippen LogP contribution in [0.5, 0.6) is 0 Å². The Morgan fingerprint density at radius 1 is 1.38 bits per heavy atom. The third kappa shape index (κ3) is 4.92. The summed E-state index contributed by atoms with van der Waals surface area (Å²) in [6.45, 7) is 5.05. The summed E-state index contributed by atoms with van der Waals surface area (Å²) >= 11 is 2.95. The molecule has 1 aliphatic carbocycles. The number of amides is 1. The molecule has 1 amide bonds. The second kappa shape index (κ2) is 9.76. The number of hydrogen-bond acceptors (Lipinski definition) is 8. The molecular weight excluding hydrogens is 446 g/mol. The first-order chi connectivity index (χ1) is 15.3. The van der Waals surface area contributed by atoms with Crippen molar-refractivity contribution in [2.45, 2.75) is 62.9 Å². The van der Waals surface area contributed by atoms with Gasteiger partial charge >= 0.3 is 0 Å². The lowest BCUT2D eigenvalue weighted by Gasteiger charge is -2.17. The van der Waals surface area contributed by atoms with E-state index in [0.717, 1.165) is 48.9 Å². The lowest BCUT2D eigenvalue weighted by molar-refractivity contribution is -0.115. The maximum absolute atomic E-state index is 13.6. The zero-order valence-corrected chi connectivity index (χ0v) is 20.6. The topological polar surface area (TPSA) is 93.3 Å². The molecule has 172 valence electrons. The predicted molar refractivity (Wildman–Crippen MR) is 129 cm³/mol. The zero-order chi connectivity index (χ0) is 22.8. The molecule has 0 saturated heterocycles. The maximum Gasteiger partial charge on any atom is 0.263 e. The van der Waals surface area contributed by atoms with Gasteiger partial charge < -0.3 is 9.42 Å². The minimum Gasteiger partial charge on any atom is -0.338 e. The molecule has 0 saturated carbocycles. The van der Waals surface area contributed by atoms with Gasteiger partial charge in [-0.25, -0.2) is 4.98 Å². The van der Waals surface area contributed by atoms with E-state index in [1.807, 2.05) is 21.0 Å². The van der Waals surface area contributed by atoms with Crippen LogP contribution in [-0.4, -0.2) is 51.4 Å². The van der Waals surface area contributed by atoms with Gasteiger partial charge in [-0.2, -0.15) is 0 Å². The monoisotopic (exact) mass is 475 g/mol. The minimum atomic E-state index is -0.459. The van der Waals surface area contributed by atoms with E-state index in [4.69, 9.17) is 9.51 Å². The van der Waals surface area contributed by atoms with E-state index in [-0.39, 0.29) is 11.5 Å². The Balaban J connectivity index is 1.64. The van der Waals surface area contributed by atoms with E-state index in [0.29, 0.717) is 23.3 Å². The summed E-state index contributed by atoms with van der Waals surface area (Å²) in [6, 6.07) is 1.67. The molecule has 1 aliphatic rings. The minimum absolute atomic E-state index is 0.0223. The summed E-state index contributed by atoms with van der Waals surface area (Å²) in [7, 11) is 4.04. The number of hydrogen-bond donors (Lipinski definition) is 1. The highest BCUT2D eigenvalue weighted by Gasteiger charge is 2.24. The van der Waals surface area contributed by atoms with E-state index in [9.17, 15) is 9.59 Å². The van der Waals surface area contributed by atoms with Gasteiger partial charge in [0, 0.05) is 17.5 Å². The molecule has 32 heavy (non-hydrogen) atoms. The van der Waals surface area contributed by atoms with Crippen molar-refractivity contribution in [1.82, 2.24) is 19.6 Å². The molecule has 0 fully saturated rings. The fraction of sp³-hybridized carbons (Fsp3) is 0.545.